The molecule has 0 saturated heterocycles. The number of carbonyl (C=O) groups is 1. The van der Waals surface area contributed by atoms with Crippen molar-refractivity contribution in [2.24, 2.45) is 5.92 Å². The molecule has 1 aliphatic heterocycles. The van der Waals surface area contributed by atoms with Gasteiger partial charge in [-0.1, -0.05) is 0 Å². The Morgan fingerprint density at radius 3 is 2.63 bits per heavy atom. The van der Waals surface area contributed by atoms with E-state index in [9.17, 15) is 9.59 Å². The predicted octanol–water partition coefficient (Wildman–Crippen LogP) is 2.39. The highest BCUT2D eigenvalue weighted by atomic mass is 16.6. The predicted molar refractivity (Wildman–Crippen MR) is 102 cm³/mol. The molecule has 150 valence electrons. The Morgan fingerprint density at radius 1 is 1.30 bits per heavy atom. The Morgan fingerprint density at radius 2 is 2.00 bits per heavy atom. The highest BCUT2D eigenvalue weighted by Crippen LogP contribution is 2.34. The Hall–Kier alpha value is -1.89. The fourth-order valence-corrected chi connectivity index (χ4v) is 3.49. The highest BCUT2D eigenvalue weighted by Gasteiger charge is 2.32. The molecule has 1 aromatic heterocycles. The summed E-state index contributed by atoms with van der Waals surface area (Å²) < 4.78 is 13.0. The second-order valence-corrected chi connectivity index (χ2v) is 8.43. The van der Waals surface area contributed by atoms with Gasteiger partial charge >= 0.3 is 6.09 Å². The second kappa shape index (κ2) is 8.00. The molecule has 3 rings (SSSR count). The number of nitrogens with zero attached hydrogens (tertiary/aromatic N) is 3. The monoisotopic (exact) mass is 377 g/mol. The van der Waals surface area contributed by atoms with Crippen LogP contribution in [-0.4, -0.2) is 51.9 Å². The van der Waals surface area contributed by atoms with Crippen LogP contribution in [0.25, 0.3) is 0 Å². The van der Waals surface area contributed by atoms with Crippen LogP contribution in [0.4, 0.5) is 4.79 Å². The zero-order valence-electron chi connectivity index (χ0n) is 16.9. The molecular weight excluding hydrogens is 346 g/mol. The lowest BCUT2D eigenvalue weighted by Crippen LogP contribution is -2.38. The van der Waals surface area contributed by atoms with Crippen molar-refractivity contribution in [2.75, 3.05) is 19.7 Å². The van der Waals surface area contributed by atoms with Crippen molar-refractivity contribution in [3.8, 4) is 0 Å². The quantitative estimate of drug-likeness (QED) is 0.788. The zero-order valence-corrected chi connectivity index (χ0v) is 16.9. The Balaban J connectivity index is 1.72. The molecule has 1 unspecified atom stereocenters. The molecular formula is C20H31N3O4. The van der Waals surface area contributed by atoms with Crippen LogP contribution in [-0.2, 0) is 28.9 Å². The molecule has 0 aromatic carbocycles. The molecule has 0 spiro atoms. The Bertz CT molecular complexity index is 734. The molecule has 1 atom stereocenters. The number of hydrogen-bond donors (Lipinski definition) is 0. The number of hydrogen-bond acceptors (Lipinski definition) is 5. The van der Waals surface area contributed by atoms with Gasteiger partial charge in [0, 0.05) is 31.7 Å². The third kappa shape index (κ3) is 5.09. The average molecular weight is 377 g/mol. The minimum atomic E-state index is -0.529. The lowest BCUT2D eigenvalue weighted by molar-refractivity contribution is 0.0258. The van der Waals surface area contributed by atoms with Crippen LogP contribution in [0.1, 0.15) is 51.8 Å². The van der Waals surface area contributed by atoms with Gasteiger partial charge in [-0.2, -0.15) is 0 Å². The molecule has 27 heavy (non-hydrogen) atoms. The molecule has 1 aliphatic carbocycles. The number of rotatable bonds is 5. The van der Waals surface area contributed by atoms with Crippen molar-refractivity contribution in [2.45, 2.75) is 71.6 Å². The van der Waals surface area contributed by atoms with Crippen LogP contribution in [0.15, 0.2) is 11.1 Å². The number of aromatic nitrogens is 2. The van der Waals surface area contributed by atoms with E-state index < -0.39 is 5.60 Å². The molecule has 7 heteroatoms. The fourth-order valence-electron chi connectivity index (χ4n) is 3.49. The molecule has 0 radical (unpaired) electrons. The number of carbonyl (C=O) groups excluding carboxylic acids is 1. The Kier molecular flexibility index (Phi) is 5.89. The number of ether oxygens (including phenoxy) is 2. The van der Waals surface area contributed by atoms with Gasteiger partial charge in [-0.05, 0) is 52.9 Å². The third-order valence-electron chi connectivity index (χ3n) is 5.03. The van der Waals surface area contributed by atoms with E-state index in [-0.39, 0.29) is 17.8 Å². The maximum absolute atomic E-state index is 13.0. The molecule has 1 fully saturated rings. The summed E-state index contributed by atoms with van der Waals surface area (Å²) in [4.78, 5) is 31.5. The largest absolute Gasteiger partial charge is 0.444 e. The van der Waals surface area contributed by atoms with Gasteiger partial charge in [0.15, 0.2) is 0 Å². The molecule has 2 aliphatic rings. The van der Waals surface area contributed by atoms with Crippen molar-refractivity contribution >= 4 is 6.09 Å². The first-order valence-corrected chi connectivity index (χ1v) is 9.95. The van der Waals surface area contributed by atoms with Crippen LogP contribution in [0.3, 0.4) is 0 Å². The molecule has 1 aromatic rings. The average Bonchev–Trinajstić information content (AvgIpc) is 3.41. The zero-order chi connectivity index (χ0) is 19.6. The van der Waals surface area contributed by atoms with Crippen molar-refractivity contribution in [1.29, 1.82) is 0 Å². The smallest absolute Gasteiger partial charge is 0.410 e. The van der Waals surface area contributed by atoms with Gasteiger partial charge in [0.2, 0.25) is 0 Å². The van der Waals surface area contributed by atoms with Gasteiger partial charge in [0.1, 0.15) is 5.60 Å². The van der Waals surface area contributed by atoms with E-state index in [0.717, 1.165) is 11.3 Å². The summed E-state index contributed by atoms with van der Waals surface area (Å²) in [6, 6.07) is 0. The summed E-state index contributed by atoms with van der Waals surface area (Å²) >= 11 is 0. The third-order valence-corrected chi connectivity index (χ3v) is 5.03. The molecule has 7 nitrogen and oxygen atoms in total. The first kappa shape index (κ1) is 19.9. The topological polar surface area (TPSA) is 73.7 Å². The summed E-state index contributed by atoms with van der Waals surface area (Å²) in [5.74, 6) is 0.554. The minimum absolute atomic E-state index is 0.00334. The van der Waals surface area contributed by atoms with E-state index in [0.29, 0.717) is 45.0 Å². The Labute approximate surface area is 160 Å². The van der Waals surface area contributed by atoms with E-state index in [2.05, 4.69) is 4.98 Å². The molecule has 0 bridgehead atoms. The summed E-state index contributed by atoms with van der Waals surface area (Å²) in [5.41, 5.74) is 0.978. The van der Waals surface area contributed by atoms with Crippen molar-refractivity contribution < 1.29 is 14.3 Å². The van der Waals surface area contributed by atoms with Gasteiger partial charge in [-0.3, -0.25) is 9.36 Å². The normalized spacial score (nSPS) is 18.6. The van der Waals surface area contributed by atoms with Crippen LogP contribution in [0.2, 0.25) is 0 Å². The van der Waals surface area contributed by atoms with Crippen molar-refractivity contribution in [3.63, 3.8) is 0 Å². The maximum atomic E-state index is 13.0. The lowest BCUT2D eigenvalue weighted by atomic mass is 10.1. The SMILES string of the molecule is CCOC(Cn1cnc2c(c1=O)CCN(C(=O)OC(C)(C)C)CC2)C1CC1. The number of fused-ring (bicyclic) bond motifs is 1. The van der Waals surface area contributed by atoms with Gasteiger partial charge in [-0.25, -0.2) is 9.78 Å². The first-order valence-electron chi connectivity index (χ1n) is 9.95. The van der Waals surface area contributed by atoms with Gasteiger partial charge in [0.25, 0.3) is 5.56 Å². The van der Waals surface area contributed by atoms with Crippen molar-refractivity contribution in [1.82, 2.24) is 14.5 Å². The second-order valence-electron chi connectivity index (χ2n) is 8.43. The highest BCUT2D eigenvalue weighted by molar-refractivity contribution is 5.68. The van der Waals surface area contributed by atoms with Gasteiger partial charge in [-0.15, -0.1) is 0 Å². The van der Waals surface area contributed by atoms with E-state index >= 15 is 0 Å². The lowest BCUT2D eigenvalue weighted by Gasteiger charge is -2.26. The van der Waals surface area contributed by atoms with Gasteiger partial charge < -0.3 is 14.4 Å². The van der Waals surface area contributed by atoms with Crippen LogP contribution in [0, 0.1) is 5.92 Å². The first-order chi connectivity index (χ1) is 12.8. The molecule has 1 amide bonds. The van der Waals surface area contributed by atoms with Crippen LogP contribution < -0.4 is 5.56 Å². The van der Waals surface area contributed by atoms with E-state index in [4.69, 9.17) is 9.47 Å². The van der Waals surface area contributed by atoms with Crippen molar-refractivity contribution in [3.05, 3.63) is 27.9 Å². The summed E-state index contributed by atoms with van der Waals surface area (Å²) in [7, 11) is 0. The molecule has 0 N–H and O–H groups in total. The van der Waals surface area contributed by atoms with E-state index in [1.54, 1.807) is 15.8 Å². The molecule has 1 saturated carbocycles. The fraction of sp³-hybridized carbons (Fsp3) is 0.750. The van der Waals surface area contributed by atoms with E-state index in [1.807, 2.05) is 27.7 Å². The summed E-state index contributed by atoms with van der Waals surface area (Å²) in [6.45, 7) is 9.73. The van der Waals surface area contributed by atoms with Crippen LogP contribution in [0.5, 0.6) is 0 Å². The van der Waals surface area contributed by atoms with Gasteiger partial charge in [0.05, 0.1) is 24.7 Å². The summed E-state index contributed by atoms with van der Waals surface area (Å²) in [6.07, 6.45) is 4.80. The molecule has 2 heterocycles. The standard InChI is InChI=1S/C20H31N3O4/c1-5-26-17(14-6-7-14)12-23-13-21-16-9-11-22(10-8-15(16)18(23)24)19(25)27-20(2,3)4/h13-14,17H,5-12H2,1-4H3. The summed E-state index contributed by atoms with van der Waals surface area (Å²) in [5, 5.41) is 0. The maximum Gasteiger partial charge on any atom is 0.410 e. The van der Waals surface area contributed by atoms with Crippen LogP contribution >= 0.6 is 0 Å². The minimum Gasteiger partial charge on any atom is -0.444 e. The number of amides is 1. The van der Waals surface area contributed by atoms with E-state index in [1.165, 1.54) is 12.8 Å².